The smallest absolute Gasteiger partial charge is 0.280 e. The molecule has 1 heterocycles. The Kier molecular flexibility index (Phi) is 6.19. The first kappa shape index (κ1) is 19.5. The van der Waals surface area contributed by atoms with Crippen molar-refractivity contribution in [1.29, 1.82) is 0 Å². The van der Waals surface area contributed by atoms with Gasteiger partial charge in [-0.3, -0.25) is 14.9 Å². The van der Waals surface area contributed by atoms with Gasteiger partial charge in [0.2, 0.25) is 0 Å². The first-order chi connectivity index (χ1) is 13.0. The van der Waals surface area contributed by atoms with E-state index >= 15 is 0 Å². The van der Waals surface area contributed by atoms with Crippen molar-refractivity contribution >= 4 is 29.1 Å². The van der Waals surface area contributed by atoms with E-state index in [9.17, 15) is 9.18 Å². The summed E-state index contributed by atoms with van der Waals surface area (Å²) in [6.07, 6.45) is 0. The summed E-state index contributed by atoms with van der Waals surface area (Å²) in [5, 5.41) is 3.75. The van der Waals surface area contributed by atoms with Crippen LogP contribution in [0.25, 0.3) is 5.69 Å². The third kappa shape index (κ3) is 4.70. The third-order valence-electron chi connectivity index (χ3n) is 4.04. The quantitative estimate of drug-likeness (QED) is 0.362. The van der Waals surface area contributed by atoms with Crippen molar-refractivity contribution in [1.82, 2.24) is 9.78 Å². The summed E-state index contributed by atoms with van der Waals surface area (Å²) >= 11 is 7.57. The van der Waals surface area contributed by atoms with E-state index in [1.165, 1.54) is 16.8 Å². The maximum atomic E-state index is 13.1. The Morgan fingerprint density at radius 2 is 1.85 bits per heavy atom. The Balaban J connectivity index is 1.71. The van der Waals surface area contributed by atoms with E-state index in [1.807, 2.05) is 38.1 Å². The SMILES string of the molecule is CC(=NCCSc1ccc(Cl)cc1)c1c(C)[nH]n(-c2ccc(F)cc2)c1=O. The van der Waals surface area contributed by atoms with Crippen molar-refractivity contribution in [2.24, 2.45) is 4.99 Å². The first-order valence-corrected chi connectivity index (χ1v) is 9.79. The molecule has 0 radical (unpaired) electrons. The van der Waals surface area contributed by atoms with Crippen LogP contribution in [0.2, 0.25) is 5.02 Å². The molecule has 0 saturated heterocycles. The third-order valence-corrected chi connectivity index (χ3v) is 5.28. The van der Waals surface area contributed by atoms with E-state index < -0.39 is 0 Å². The second-order valence-electron chi connectivity index (χ2n) is 6.00. The monoisotopic (exact) mass is 403 g/mol. The number of nitrogens with zero attached hydrogens (tertiary/aromatic N) is 2. The molecule has 0 saturated carbocycles. The number of thioether (sulfide) groups is 1. The number of H-pyrrole nitrogens is 1. The highest BCUT2D eigenvalue weighted by molar-refractivity contribution is 7.99. The summed E-state index contributed by atoms with van der Waals surface area (Å²) in [4.78, 5) is 18.4. The lowest BCUT2D eigenvalue weighted by Gasteiger charge is -2.01. The highest BCUT2D eigenvalue weighted by Crippen LogP contribution is 2.20. The van der Waals surface area contributed by atoms with Crippen molar-refractivity contribution in [3.8, 4) is 5.69 Å². The van der Waals surface area contributed by atoms with Crippen LogP contribution in [-0.4, -0.2) is 27.8 Å². The predicted molar refractivity (Wildman–Crippen MR) is 110 cm³/mol. The number of aromatic amines is 1. The molecule has 0 atom stereocenters. The van der Waals surface area contributed by atoms with Gasteiger partial charge in [0.05, 0.1) is 11.3 Å². The predicted octanol–water partition coefficient (Wildman–Crippen LogP) is 4.87. The molecule has 27 heavy (non-hydrogen) atoms. The molecule has 2 aromatic carbocycles. The molecule has 0 bridgehead atoms. The molecule has 3 rings (SSSR count). The van der Waals surface area contributed by atoms with Gasteiger partial charge in [-0.1, -0.05) is 11.6 Å². The average molecular weight is 404 g/mol. The van der Waals surface area contributed by atoms with Crippen LogP contribution >= 0.6 is 23.4 Å². The van der Waals surface area contributed by atoms with E-state index in [1.54, 1.807) is 23.9 Å². The van der Waals surface area contributed by atoms with Crippen LogP contribution in [0.4, 0.5) is 4.39 Å². The number of aromatic nitrogens is 2. The largest absolute Gasteiger partial charge is 0.295 e. The summed E-state index contributed by atoms with van der Waals surface area (Å²) in [7, 11) is 0. The molecule has 0 aliphatic heterocycles. The van der Waals surface area contributed by atoms with Gasteiger partial charge in [-0.25, -0.2) is 9.07 Å². The molecule has 1 aromatic heterocycles. The van der Waals surface area contributed by atoms with Crippen molar-refractivity contribution in [2.75, 3.05) is 12.3 Å². The van der Waals surface area contributed by atoms with E-state index in [0.29, 0.717) is 28.5 Å². The van der Waals surface area contributed by atoms with Gasteiger partial charge in [0.15, 0.2) is 0 Å². The zero-order chi connectivity index (χ0) is 19.4. The second kappa shape index (κ2) is 8.59. The van der Waals surface area contributed by atoms with Gasteiger partial charge in [0.1, 0.15) is 5.82 Å². The van der Waals surface area contributed by atoms with E-state index in [-0.39, 0.29) is 11.4 Å². The van der Waals surface area contributed by atoms with Gasteiger partial charge in [-0.05, 0) is 62.4 Å². The van der Waals surface area contributed by atoms with Gasteiger partial charge in [0.25, 0.3) is 5.56 Å². The van der Waals surface area contributed by atoms with Crippen LogP contribution in [0, 0.1) is 12.7 Å². The number of hydrogen-bond acceptors (Lipinski definition) is 3. The number of aliphatic imine (C=N–C) groups is 1. The van der Waals surface area contributed by atoms with Crippen LogP contribution in [0.1, 0.15) is 18.2 Å². The average Bonchev–Trinajstić information content (AvgIpc) is 2.95. The van der Waals surface area contributed by atoms with Crippen LogP contribution in [-0.2, 0) is 0 Å². The van der Waals surface area contributed by atoms with Gasteiger partial charge in [0, 0.05) is 33.6 Å². The first-order valence-electron chi connectivity index (χ1n) is 8.43. The molecular weight excluding hydrogens is 385 g/mol. The fraction of sp³-hybridized carbons (Fsp3) is 0.200. The number of rotatable bonds is 6. The molecule has 0 aliphatic rings. The number of benzene rings is 2. The highest BCUT2D eigenvalue weighted by atomic mass is 35.5. The molecule has 0 fully saturated rings. The van der Waals surface area contributed by atoms with Crippen molar-refractivity contribution in [3.05, 3.63) is 81.0 Å². The molecule has 0 aliphatic carbocycles. The van der Waals surface area contributed by atoms with Gasteiger partial charge in [-0.15, -0.1) is 11.8 Å². The van der Waals surface area contributed by atoms with Gasteiger partial charge in [-0.2, -0.15) is 0 Å². The fourth-order valence-electron chi connectivity index (χ4n) is 2.73. The topological polar surface area (TPSA) is 50.1 Å². The fourth-order valence-corrected chi connectivity index (χ4v) is 3.60. The van der Waals surface area contributed by atoms with Crippen LogP contribution < -0.4 is 5.56 Å². The maximum Gasteiger partial charge on any atom is 0.280 e. The number of nitrogens with one attached hydrogen (secondary N) is 1. The zero-order valence-electron chi connectivity index (χ0n) is 15.0. The highest BCUT2D eigenvalue weighted by Gasteiger charge is 2.14. The number of halogens is 2. The Morgan fingerprint density at radius 3 is 2.52 bits per heavy atom. The molecule has 3 aromatic rings. The summed E-state index contributed by atoms with van der Waals surface area (Å²) in [5.41, 5.74) is 2.37. The van der Waals surface area contributed by atoms with Gasteiger partial charge >= 0.3 is 0 Å². The Labute approximate surface area is 166 Å². The summed E-state index contributed by atoms with van der Waals surface area (Å²) in [6.45, 7) is 4.26. The Hall–Kier alpha value is -2.31. The number of aryl methyl sites for hydroxylation is 1. The Morgan fingerprint density at radius 1 is 1.19 bits per heavy atom. The minimum absolute atomic E-state index is 0.189. The summed E-state index contributed by atoms with van der Waals surface area (Å²) in [6, 6.07) is 13.4. The summed E-state index contributed by atoms with van der Waals surface area (Å²) in [5.74, 6) is 0.459. The lowest BCUT2D eigenvalue weighted by atomic mass is 10.2. The summed E-state index contributed by atoms with van der Waals surface area (Å²) < 4.78 is 14.5. The van der Waals surface area contributed by atoms with Crippen molar-refractivity contribution < 1.29 is 4.39 Å². The molecule has 7 heteroatoms. The van der Waals surface area contributed by atoms with E-state index in [2.05, 4.69) is 10.1 Å². The van der Waals surface area contributed by atoms with Gasteiger partial charge < -0.3 is 0 Å². The Bertz CT molecular complexity index is 1010. The van der Waals surface area contributed by atoms with E-state index in [0.717, 1.165) is 16.3 Å². The molecule has 4 nitrogen and oxygen atoms in total. The molecule has 1 N–H and O–H groups in total. The van der Waals surface area contributed by atoms with E-state index in [4.69, 9.17) is 11.6 Å². The molecule has 0 spiro atoms. The minimum atomic E-state index is -0.341. The minimum Gasteiger partial charge on any atom is -0.295 e. The maximum absolute atomic E-state index is 13.1. The van der Waals surface area contributed by atoms with Crippen LogP contribution in [0.5, 0.6) is 0 Å². The lowest BCUT2D eigenvalue weighted by Crippen LogP contribution is -2.20. The second-order valence-corrected chi connectivity index (χ2v) is 7.60. The zero-order valence-corrected chi connectivity index (χ0v) is 16.6. The lowest BCUT2D eigenvalue weighted by molar-refractivity contribution is 0.627. The van der Waals surface area contributed by atoms with Crippen LogP contribution in [0.15, 0.2) is 63.2 Å². The molecular formula is C20H19ClFN3OS. The molecule has 0 unspecified atom stereocenters. The normalized spacial score (nSPS) is 11.8. The van der Waals surface area contributed by atoms with Crippen molar-refractivity contribution in [2.45, 2.75) is 18.7 Å². The number of hydrogen-bond donors (Lipinski definition) is 1. The van der Waals surface area contributed by atoms with Crippen molar-refractivity contribution in [3.63, 3.8) is 0 Å². The standard InChI is InChI=1S/C20H19ClFN3OS/c1-13(23-11-12-27-18-9-3-15(21)4-10-18)19-14(2)24-25(20(19)26)17-7-5-16(22)6-8-17/h3-10,24H,11-12H2,1-2H3. The molecule has 140 valence electrons. The van der Waals surface area contributed by atoms with Crippen LogP contribution in [0.3, 0.4) is 0 Å². The molecule has 0 amide bonds.